The van der Waals surface area contributed by atoms with E-state index in [1.807, 2.05) is 17.0 Å². The predicted octanol–water partition coefficient (Wildman–Crippen LogP) is 4.08. The van der Waals surface area contributed by atoms with Crippen LogP contribution in [0.3, 0.4) is 0 Å². The second-order valence-electron chi connectivity index (χ2n) is 8.26. The summed E-state index contributed by atoms with van der Waals surface area (Å²) in [5, 5.41) is 7.66. The van der Waals surface area contributed by atoms with E-state index in [-0.39, 0.29) is 43.2 Å². The minimum absolute atomic E-state index is 0. The smallest absolute Gasteiger partial charge is 0.188 e. The first kappa shape index (κ1) is 28.2. The Balaban J connectivity index is 0.00000171. The van der Waals surface area contributed by atoms with Crippen molar-refractivity contribution in [3.8, 4) is 5.75 Å². The number of ether oxygens (including phenoxy) is 1. The molecule has 4 rings (SSSR count). The van der Waals surface area contributed by atoms with E-state index in [4.69, 9.17) is 21.6 Å². The largest absolute Gasteiger partial charge is 0.493 e. The van der Waals surface area contributed by atoms with Gasteiger partial charge in [-0.15, -0.1) is 37.2 Å². The molecular weight excluding hydrogens is 469 g/mol. The predicted molar refractivity (Wildman–Crippen MR) is 139 cm³/mol. The number of nitrogens with two attached hydrogens (primary N) is 2. The van der Waals surface area contributed by atoms with Crippen molar-refractivity contribution in [2.45, 2.75) is 32.4 Å². The maximum Gasteiger partial charge on any atom is 0.188 e. The molecule has 6 nitrogen and oxygen atoms in total. The molecule has 9 heteroatoms. The second kappa shape index (κ2) is 13.0. The number of hydrogen-bond donors (Lipinski definition) is 3. The zero-order valence-corrected chi connectivity index (χ0v) is 20.6. The third kappa shape index (κ3) is 7.34. The van der Waals surface area contributed by atoms with Gasteiger partial charge < -0.3 is 21.1 Å². The minimum atomic E-state index is 0. The molecule has 0 bridgehead atoms. The number of rotatable bonds is 5. The van der Waals surface area contributed by atoms with E-state index >= 15 is 0 Å². The van der Waals surface area contributed by atoms with Gasteiger partial charge in [-0.3, -0.25) is 10.3 Å². The van der Waals surface area contributed by atoms with Gasteiger partial charge in [0.05, 0.1) is 6.61 Å². The van der Waals surface area contributed by atoms with Crippen molar-refractivity contribution < 1.29 is 4.74 Å². The van der Waals surface area contributed by atoms with Gasteiger partial charge in [-0.25, -0.2) is 0 Å². The molecule has 0 saturated carbocycles. The molecule has 2 aliphatic heterocycles. The number of halogens is 3. The van der Waals surface area contributed by atoms with Crippen molar-refractivity contribution in [1.82, 2.24) is 9.80 Å². The fraction of sp³-hybridized carbons (Fsp3) is 0.435. The average molecular weight is 503 g/mol. The second-order valence-corrected chi connectivity index (χ2v) is 8.26. The number of fused-ring (bicyclic) bond motifs is 1. The van der Waals surface area contributed by atoms with Crippen molar-refractivity contribution in [2.75, 3.05) is 32.0 Å². The first-order valence-corrected chi connectivity index (χ1v) is 10.5. The summed E-state index contributed by atoms with van der Waals surface area (Å²) in [7, 11) is 0. The van der Waals surface area contributed by atoms with Crippen molar-refractivity contribution in [3.63, 3.8) is 0 Å². The molecule has 1 fully saturated rings. The zero-order valence-electron chi connectivity index (χ0n) is 18.2. The van der Waals surface area contributed by atoms with Gasteiger partial charge in [-0.05, 0) is 79.2 Å². The van der Waals surface area contributed by atoms with E-state index in [2.05, 4.69) is 35.2 Å². The topological polar surface area (TPSA) is 91.6 Å². The number of benzene rings is 2. The highest BCUT2D eigenvalue weighted by atomic mass is 35.5. The van der Waals surface area contributed by atoms with Crippen LogP contribution >= 0.6 is 37.2 Å². The summed E-state index contributed by atoms with van der Waals surface area (Å²) in [5.41, 5.74) is 16.2. The summed E-state index contributed by atoms with van der Waals surface area (Å²) < 4.78 is 6.14. The lowest BCUT2D eigenvalue weighted by Crippen LogP contribution is -2.40. The quantitative estimate of drug-likeness (QED) is 0.325. The summed E-state index contributed by atoms with van der Waals surface area (Å²) in [6.45, 7) is 5.44. The summed E-state index contributed by atoms with van der Waals surface area (Å²) in [6.07, 6.45) is 3.25. The molecule has 1 saturated heterocycles. The van der Waals surface area contributed by atoms with Crippen LogP contribution in [0.15, 0.2) is 42.5 Å². The lowest BCUT2D eigenvalue weighted by atomic mass is 9.97. The maximum atomic E-state index is 7.66. The SMILES string of the molecule is Cl.Cl.Cl.N=C(N)N1CCc2ccc(OCC3CCN(Cc4cccc(N)c4)CC3)cc2C1. The minimum Gasteiger partial charge on any atom is -0.493 e. The van der Waals surface area contributed by atoms with Crippen LogP contribution in [0.2, 0.25) is 0 Å². The van der Waals surface area contributed by atoms with Gasteiger partial charge in [0.25, 0.3) is 0 Å². The highest BCUT2D eigenvalue weighted by Crippen LogP contribution is 2.26. The number of nitrogens with zero attached hydrogens (tertiary/aromatic N) is 2. The third-order valence-electron chi connectivity index (χ3n) is 6.08. The highest BCUT2D eigenvalue weighted by molar-refractivity contribution is 5.86. The Morgan fingerprint density at radius 2 is 1.75 bits per heavy atom. The molecule has 0 aromatic heterocycles. The molecule has 0 unspecified atom stereocenters. The Morgan fingerprint density at radius 3 is 2.44 bits per heavy atom. The summed E-state index contributed by atoms with van der Waals surface area (Å²) >= 11 is 0. The molecule has 0 radical (unpaired) electrons. The number of hydrogen-bond acceptors (Lipinski definition) is 4. The van der Waals surface area contributed by atoms with E-state index in [0.29, 0.717) is 12.5 Å². The number of piperidine rings is 1. The van der Waals surface area contributed by atoms with Crippen LogP contribution in [-0.4, -0.2) is 42.0 Å². The first-order valence-electron chi connectivity index (χ1n) is 10.5. The Kier molecular flexibility index (Phi) is 11.4. The number of likely N-dealkylation sites (tertiary alicyclic amines) is 1. The van der Waals surface area contributed by atoms with Gasteiger partial charge in [-0.2, -0.15) is 0 Å². The lowest BCUT2D eigenvalue weighted by molar-refractivity contribution is 0.136. The molecule has 0 atom stereocenters. The number of nitrogen functional groups attached to an aromatic ring is 1. The molecular formula is C23H34Cl3N5O. The van der Waals surface area contributed by atoms with Crippen LogP contribution in [0.25, 0.3) is 0 Å². The van der Waals surface area contributed by atoms with Gasteiger partial charge in [0.15, 0.2) is 5.96 Å². The van der Waals surface area contributed by atoms with E-state index < -0.39 is 0 Å². The summed E-state index contributed by atoms with van der Waals surface area (Å²) in [4.78, 5) is 4.41. The number of anilines is 1. The first-order chi connectivity index (χ1) is 14.1. The summed E-state index contributed by atoms with van der Waals surface area (Å²) in [6, 6.07) is 14.5. The molecule has 0 spiro atoms. The molecule has 0 aliphatic carbocycles. The van der Waals surface area contributed by atoms with Gasteiger partial charge in [-0.1, -0.05) is 18.2 Å². The molecule has 2 aromatic rings. The Hall–Kier alpha value is -1.86. The van der Waals surface area contributed by atoms with Crippen molar-refractivity contribution >= 4 is 48.9 Å². The van der Waals surface area contributed by atoms with Crippen LogP contribution in [0.1, 0.15) is 29.5 Å². The lowest BCUT2D eigenvalue weighted by Gasteiger charge is -2.32. The van der Waals surface area contributed by atoms with E-state index in [0.717, 1.165) is 63.5 Å². The van der Waals surface area contributed by atoms with Crippen molar-refractivity contribution in [2.24, 2.45) is 11.7 Å². The van der Waals surface area contributed by atoms with Crippen LogP contribution in [-0.2, 0) is 19.5 Å². The van der Waals surface area contributed by atoms with Gasteiger partial charge in [0.1, 0.15) is 5.75 Å². The normalized spacial score (nSPS) is 16.1. The van der Waals surface area contributed by atoms with E-state index in [1.54, 1.807) is 0 Å². The molecule has 0 amide bonds. The Labute approximate surface area is 209 Å². The Morgan fingerprint density at radius 1 is 1.00 bits per heavy atom. The van der Waals surface area contributed by atoms with Crippen molar-refractivity contribution in [3.05, 3.63) is 59.2 Å². The average Bonchev–Trinajstić information content (AvgIpc) is 2.72. The maximum absolute atomic E-state index is 7.66. The van der Waals surface area contributed by atoms with Crippen LogP contribution in [0, 0.1) is 11.3 Å². The fourth-order valence-corrected chi connectivity index (χ4v) is 4.30. The van der Waals surface area contributed by atoms with Crippen molar-refractivity contribution in [1.29, 1.82) is 5.41 Å². The van der Waals surface area contributed by atoms with E-state index in [1.165, 1.54) is 16.7 Å². The number of guanidine groups is 1. The molecule has 2 heterocycles. The van der Waals surface area contributed by atoms with Gasteiger partial charge in [0, 0.05) is 25.3 Å². The summed E-state index contributed by atoms with van der Waals surface area (Å²) in [5.74, 6) is 1.67. The van der Waals surface area contributed by atoms with Crippen LogP contribution in [0.5, 0.6) is 5.75 Å². The van der Waals surface area contributed by atoms with Gasteiger partial charge in [0.2, 0.25) is 0 Å². The monoisotopic (exact) mass is 501 g/mol. The number of nitrogens with one attached hydrogen (secondary N) is 1. The van der Waals surface area contributed by atoms with Crippen LogP contribution in [0.4, 0.5) is 5.69 Å². The van der Waals surface area contributed by atoms with E-state index in [9.17, 15) is 0 Å². The van der Waals surface area contributed by atoms with Gasteiger partial charge >= 0.3 is 0 Å². The fourth-order valence-electron chi connectivity index (χ4n) is 4.30. The molecule has 2 aliphatic rings. The third-order valence-corrected chi connectivity index (χ3v) is 6.08. The highest BCUT2D eigenvalue weighted by Gasteiger charge is 2.21. The molecule has 32 heavy (non-hydrogen) atoms. The zero-order chi connectivity index (χ0) is 20.2. The molecule has 5 N–H and O–H groups in total. The molecule has 178 valence electrons. The van der Waals surface area contributed by atoms with Crippen LogP contribution < -0.4 is 16.2 Å². The Bertz CT molecular complexity index is 874. The molecule has 2 aromatic carbocycles. The standard InChI is InChI=1S/C23H31N5O.3ClH/c24-21-3-1-2-18(12-21)14-27-9-6-17(7-10-27)16-29-22-5-4-19-8-11-28(23(25)26)15-20(19)13-22;;;/h1-5,12-13,17H,6-11,14-16,24H2,(H3,25,26);3*1H.